The smallest absolute Gasteiger partial charge is 0.155 e. The molecular weight excluding hydrogens is 350 g/mol. The van der Waals surface area contributed by atoms with Gasteiger partial charge in [0.25, 0.3) is 0 Å². The Labute approximate surface area is 116 Å². The van der Waals surface area contributed by atoms with E-state index in [9.17, 15) is 5.11 Å². The molecule has 2 rings (SSSR count). The summed E-state index contributed by atoms with van der Waals surface area (Å²) in [5.74, 6) is 0.600. The number of rotatable bonds is 3. The second kappa shape index (κ2) is 5.29. The largest absolute Gasteiger partial charge is 0.379 e. The molecule has 1 atom stereocenters. The van der Waals surface area contributed by atoms with E-state index >= 15 is 0 Å². The Balaban J connectivity index is 2.40. The van der Waals surface area contributed by atoms with Crippen LogP contribution in [0.2, 0.25) is 0 Å². The van der Waals surface area contributed by atoms with Crippen LogP contribution in [-0.2, 0) is 6.54 Å². The van der Waals surface area contributed by atoms with Gasteiger partial charge in [0.15, 0.2) is 6.10 Å². The summed E-state index contributed by atoms with van der Waals surface area (Å²) in [4.78, 5) is 8.38. The van der Waals surface area contributed by atoms with Crippen molar-refractivity contribution in [2.75, 3.05) is 0 Å². The molecule has 0 radical (unpaired) electrons. The molecule has 0 fully saturated rings. The predicted molar refractivity (Wildman–Crippen MR) is 71.6 cm³/mol. The zero-order chi connectivity index (χ0) is 12.4. The molecule has 17 heavy (non-hydrogen) atoms. The molecule has 0 spiro atoms. The van der Waals surface area contributed by atoms with Crippen LogP contribution < -0.4 is 0 Å². The maximum absolute atomic E-state index is 10.3. The van der Waals surface area contributed by atoms with Gasteiger partial charge in [-0.25, -0.2) is 4.98 Å². The summed E-state index contributed by atoms with van der Waals surface area (Å²) in [6.45, 7) is 2.77. The van der Waals surface area contributed by atoms with Gasteiger partial charge in [-0.1, -0.05) is 0 Å². The van der Waals surface area contributed by atoms with E-state index in [0.29, 0.717) is 11.5 Å². The fourth-order valence-corrected chi connectivity index (χ4v) is 2.79. The number of hydrogen-bond donors (Lipinski definition) is 1. The van der Waals surface area contributed by atoms with Gasteiger partial charge in [-0.2, -0.15) is 0 Å². The minimum absolute atomic E-state index is 0.564. The Morgan fingerprint density at radius 1 is 1.41 bits per heavy atom. The number of aryl methyl sites for hydroxylation is 1. The van der Waals surface area contributed by atoms with Crippen molar-refractivity contribution in [2.45, 2.75) is 19.6 Å². The predicted octanol–water partition coefficient (Wildman–Crippen LogP) is 2.90. The van der Waals surface area contributed by atoms with Crippen molar-refractivity contribution < 1.29 is 5.11 Å². The summed E-state index contributed by atoms with van der Waals surface area (Å²) in [6.07, 6.45) is 4.34. The highest BCUT2D eigenvalue weighted by Gasteiger charge is 2.19. The monoisotopic (exact) mass is 359 g/mol. The van der Waals surface area contributed by atoms with Crippen molar-refractivity contribution >= 4 is 31.9 Å². The van der Waals surface area contributed by atoms with Crippen LogP contribution >= 0.6 is 31.9 Å². The van der Waals surface area contributed by atoms with Gasteiger partial charge in [0.05, 0.1) is 5.69 Å². The number of nitrogens with zero attached hydrogens (tertiary/aromatic N) is 3. The highest BCUT2D eigenvalue weighted by atomic mass is 79.9. The molecule has 4 nitrogen and oxygen atoms in total. The van der Waals surface area contributed by atoms with E-state index in [-0.39, 0.29) is 0 Å². The Kier molecular flexibility index (Phi) is 3.96. The highest BCUT2D eigenvalue weighted by Crippen LogP contribution is 2.27. The lowest BCUT2D eigenvalue weighted by atomic mass is 10.2. The van der Waals surface area contributed by atoms with Gasteiger partial charge in [0.1, 0.15) is 5.82 Å². The van der Waals surface area contributed by atoms with Crippen LogP contribution in [0.5, 0.6) is 0 Å². The van der Waals surface area contributed by atoms with E-state index < -0.39 is 6.10 Å². The van der Waals surface area contributed by atoms with E-state index in [1.54, 1.807) is 12.4 Å². The molecule has 0 aliphatic heterocycles. The van der Waals surface area contributed by atoms with Crippen LogP contribution in [0.1, 0.15) is 24.5 Å². The molecule has 6 heteroatoms. The molecule has 1 N–H and O–H groups in total. The summed E-state index contributed by atoms with van der Waals surface area (Å²) in [6, 6.07) is 1.85. The SMILES string of the molecule is CCn1ccnc1C(O)c1ncc(Br)cc1Br. The summed E-state index contributed by atoms with van der Waals surface area (Å²) in [5.41, 5.74) is 0.564. The third-order valence-corrected chi connectivity index (χ3v) is 3.50. The fourth-order valence-electron chi connectivity index (χ4n) is 1.58. The topological polar surface area (TPSA) is 50.9 Å². The lowest BCUT2D eigenvalue weighted by molar-refractivity contribution is 0.199. The first-order valence-corrected chi connectivity index (χ1v) is 6.72. The number of aromatic nitrogens is 3. The lowest BCUT2D eigenvalue weighted by Gasteiger charge is -2.13. The zero-order valence-corrected chi connectivity index (χ0v) is 12.3. The van der Waals surface area contributed by atoms with Crippen molar-refractivity contribution in [1.29, 1.82) is 0 Å². The molecule has 0 amide bonds. The number of aliphatic hydroxyl groups excluding tert-OH is 1. The fraction of sp³-hybridized carbons (Fsp3) is 0.273. The van der Waals surface area contributed by atoms with Crippen molar-refractivity contribution in [2.24, 2.45) is 0 Å². The minimum Gasteiger partial charge on any atom is -0.379 e. The molecule has 2 aromatic rings. The van der Waals surface area contributed by atoms with E-state index in [1.165, 1.54) is 0 Å². The summed E-state index contributed by atoms with van der Waals surface area (Å²) in [5, 5.41) is 10.3. The number of halogens is 2. The van der Waals surface area contributed by atoms with Gasteiger partial charge in [0.2, 0.25) is 0 Å². The Bertz CT molecular complexity index is 527. The van der Waals surface area contributed by atoms with Crippen molar-refractivity contribution in [3.05, 3.63) is 45.1 Å². The first-order chi connectivity index (χ1) is 8.13. The minimum atomic E-state index is -0.826. The molecule has 0 aromatic carbocycles. The van der Waals surface area contributed by atoms with Gasteiger partial charge in [-0.05, 0) is 44.8 Å². The average molecular weight is 361 g/mol. The number of hydrogen-bond acceptors (Lipinski definition) is 3. The normalized spacial score (nSPS) is 12.7. The van der Waals surface area contributed by atoms with E-state index in [2.05, 4.69) is 41.8 Å². The molecule has 2 aromatic heterocycles. The molecule has 90 valence electrons. The third-order valence-electron chi connectivity index (χ3n) is 2.43. The zero-order valence-electron chi connectivity index (χ0n) is 9.14. The van der Waals surface area contributed by atoms with E-state index in [4.69, 9.17) is 0 Å². The van der Waals surface area contributed by atoms with E-state index in [1.807, 2.05) is 23.8 Å². The maximum Gasteiger partial charge on any atom is 0.155 e. The Morgan fingerprint density at radius 2 is 2.18 bits per heavy atom. The standard InChI is InChI=1S/C11H11Br2N3O/c1-2-16-4-3-14-11(16)10(17)9-8(13)5-7(12)6-15-9/h3-6,10,17H,2H2,1H3. The second-order valence-electron chi connectivity index (χ2n) is 3.49. The van der Waals surface area contributed by atoms with Crippen LogP contribution in [0, 0.1) is 0 Å². The van der Waals surface area contributed by atoms with Gasteiger partial charge >= 0.3 is 0 Å². The number of aliphatic hydroxyl groups is 1. The van der Waals surface area contributed by atoms with Crippen LogP contribution in [0.25, 0.3) is 0 Å². The second-order valence-corrected chi connectivity index (χ2v) is 5.26. The first-order valence-electron chi connectivity index (χ1n) is 5.13. The summed E-state index contributed by atoms with van der Waals surface area (Å²) >= 11 is 6.72. The van der Waals surface area contributed by atoms with Gasteiger partial charge in [0, 0.05) is 34.1 Å². The summed E-state index contributed by atoms with van der Waals surface area (Å²) in [7, 11) is 0. The maximum atomic E-state index is 10.3. The van der Waals surface area contributed by atoms with Gasteiger partial charge in [-0.3, -0.25) is 4.98 Å². The van der Waals surface area contributed by atoms with Crippen molar-refractivity contribution in [1.82, 2.24) is 14.5 Å². The van der Waals surface area contributed by atoms with Crippen molar-refractivity contribution in [3.8, 4) is 0 Å². The Hall–Kier alpha value is -0.720. The quantitative estimate of drug-likeness (QED) is 0.915. The molecule has 0 aliphatic carbocycles. The first kappa shape index (κ1) is 12.7. The lowest BCUT2D eigenvalue weighted by Crippen LogP contribution is -2.10. The molecular formula is C11H11Br2N3O. The molecule has 0 bridgehead atoms. The Morgan fingerprint density at radius 3 is 2.82 bits per heavy atom. The van der Waals surface area contributed by atoms with Gasteiger partial charge < -0.3 is 9.67 Å². The molecule has 1 unspecified atom stereocenters. The number of imidazole rings is 1. The third kappa shape index (κ3) is 2.59. The van der Waals surface area contributed by atoms with Crippen molar-refractivity contribution in [3.63, 3.8) is 0 Å². The van der Waals surface area contributed by atoms with Crippen LogP contribution in [0.4, 0.5) is 0 Å². The van der Waals surface area contributed by atoms with E-state index in [0.717, 1.165) is 15.5 Å². The van der Waals surface area contributed by atoms with Crippen LogP contribution in [0.15, 0.2) is 33.6 Å². The average Bonchev–Trinajstić information content (AvgIpc) is 2.76. The number of pyridine rings is 1. The van der Waals surface area contributed by atoms with Crippen LogP contribution in [0.3, 0.4) is 0 Å². The molecule has 0 saturated heterocycles. The van der Waals surface area contributed by atoms with Gasteiger partial charge in [-0.15, -0.1) is 0 Å². The molecule has 0 aliphatic rings. The van der Waals surface area contributed by atoms with Crippen LogP contribution in [-0.4, -0.2) is 19.6 Å². The molecule has 2 heterocycles. The molecule has 0 saturated carbocycles. The highest BCUT2D eigenvalue weighted by molar-refractivity contribution is 9.11. The summed E-state index contributed by atoms with van der Waals surface area (Å²) < 4.78 is 3.50.